The summed E-state index contributed by atoms with van der Waals surface area (Å²) >= 11 is 0. The molecule has 0 aliphatic heterocycles. The van der Waals surface area contributed by atoms with Crippen LogP contribution in [-0.2, 0) is 10.2 Å². The molecule has 0 fully saturated rings. The van der Waals surface area contributed by atoms with Crippen molar-refractivity contribution in [1.29, 1.82) is 0 Å². The number of carbonyl (C=O) groups is 1. The Morgan fingerprint density at radius 1 is 1.11 bits per heavy atom. The highest BCUT2D eigenvalue weighted by Gasteiger charge is 2.19. The van der Waals surface area contributed by atoms with E-state index in [1.54, 1.807) is 6.08 Å². The Labute approximate surface area is 107 Å². The highest BCUT2D eigenvalue weighted by atomic mass is 16.4. The van der Waals surface area contributed by atoms with E-state index < -0.39 is 5.97 Å². The van der Waals surface area contributed by atoms with Gasteiger partial charge in [0.15, 0.2) is 0 Å². The molecule has 18 heavy (non-hydrogen) atoms. The number of carboxylic acid groups (broad SMARTS) is 1. The maximum atomic E-state index is 10.7. The van der Waals surface area contributed by atoms with Crippen molar-refractivity contribution in [3.05, 3.63) is 60.2 Å². The van der Waals surface area contributed by atoms with Crippen molar-refractivity contribution in [2.24, 2.45) is 0 Å². The molecule has 0 atom stereocenters. The largest absolute Gasteiger partial charge is 0.478 e. The van der Waals surface area contributed by atoms with Gasteiger partial charge in [-0.15, -0.1) is 0 Å². The first-order chi connectivity index (χ1) is 8.50. The standard InChI is InChI=1S/C16H16O2/c1-16(2,11-10-15(17)18)14-9-5-7-12-6-3-4-8-13(12)14/h3-11H,1-2H3,(H,17,18). The number of allylic oxidation sites excluding steroid dienone is 1. The topological polar surface area (TPSA) is 37.3 Å². The van der Waals surface area contributed by atoms with Crippen LogP contribution in [0.25, 0.3) is 10.8 Å². The van der Waals surface area contributed by atoms with Gasteiger partial charge in [0.25, 0.3) is 0 Å². The van der Waals surface area contributed by atoms with Crippen molar-refractivity contribution in [3.8, 4) is 0 Å². The summed E-state index contributed by atoms with van der Waals surface area (Å²) < 4.78 is 0. The van der Waals surface area contributed by atoms with Crippen LogP contribution >= 0.6 is 0 Å². The van der Waals surface area contributed by atoms with Crippen LogP contribution < -0.4 is 0 Å². The van der Waals surface area contributed by atoms with Crippen LogP contribution in [0.4, 0.5) is 0 Å². The van der Waals surface area contributed by atoms with E-state index >= 15 is 0 Å². The second kappa shape index (κ2) is 4.65. The number of carboxylic acids is 1. The van der Waals surface area contributed by atoms with Crippen LogP contribution in [0.3, 0.4) is 0 Å². The molecule has 2 nitrogen and oxygen atoms in total. The van der Waals surface area contributed by atoms with Gasteiger partial charge in [-0.1, -0.05) is 62.4 Å². The third kappa shape index (κ3) is 2.43. The molecule has 0 saturated heterocycles. The van der Waals surface area contributed by atoms with Gasteiger partial charge >= 0.3 is 5.97 Å². The molecule has 0 amide bonds. The highest BCUT2D eigenvalue weighted by Crippen LogP contribution is 2.31. The number of hydrogen-bond acceptors (Lipinski definition) is 1. The minimum Gasteiger partial charge on any atom is -0.478 e. The van der Waals surface area contributed by atoms with Gasteiger partial charge in [-0.25, -0.2) is 4.79 Å². The molecule has 0 radical (unpaired) electrons. The lowest BCUT2D eigenvalue weighted by atomic mass is 9.81. The van der Waals surface area contributed by atoms with E-state index in [2.05, 4.69) is 24.3 Å². The molecule has 2 heteroatoms. The van der Waals surface area contributed by atoms with Gasteiger partial charge in [0.2, 0.25) is 0 Å². The molecule has 0 saturated carbocycles. The average molecular weight is 240 g/mol. The van der Waals surface area contributed by atoms with E-state index in [-0.39, 0.29) is 5.41 Å². The van der Waals surface area contributed by atoms with Gasteiger partial charge in [-0.3, -0.25) is 0 Å². The Balaban J connectivity index is 2.56. The number of fused-ring (bicyclic) bond motifs is 1. The smallest absolute Gasteiger partial charge is 0.328 e. The summed E-state index contributed by atoms with van der Waals surface area (Å²) in [5, 5.41) is 11.1. The zero-order chi connectivity index (χ0) is 13.2. The van der Waals surface area contributed by atoms with Gasteiger partial charge in [0.05, 0.1) is 0 Å². The third-order valence-corrected chi connectivity index (χ3v) is 3.13. The molecule has 2 rings (SSSR count). The van der Waals surface area contributed by atoms with Gasteiger partial charge in [-0.2, -0.15) is 0 Å². The SMILES string of the molecule is CC(C)(C=CC(=O)O)c1cccc2ccccc12. The maximum Gasteiger partial charge on any atom is 0.328 e. The highest BCUT2D eigenvalue weighted by molar-refractivity contribution is 5.87. The minimum atomic E-state index is -0.914. The van der Waals surface area contributed by atoms with Crippen LogP contribution in [0.5, 0.6) is 0 Å². The van der Waals surface area contributed by atoms with Crippen molar-refractivity contribution < 1.29 is 9.90 Å². The predicted octanol–water partition coefficient (Wildman–Crippen LogP) is 3.76. The number of rotatable bonds is 3. The fourth-order valence-electron chi connectivity index (χ4n) is 2.16. The van der Waals surface area contributed by atoms with E-state index in [0.29, 0.717) is 0 Å². The van der Waals surface area contributed by atoms with Crippen molar-refractivity contribution in [1.82, 2.24) is 0 Å². The Morgan fingerprint density at radius 3 is 2.50 bits per heavy atom. The second-order valence-corrected chi connectivity index (χ2v) is 4.92. The maximum absolute atomic E-state index is 10.7. The first-order valence-electron chi connectivity index (χ1n) is 5.91. The van der Waals surface area contributed by atoms with E-state index in [1.165, 1.54) is 16.8 Å². The summed E-state index contributed by atoms with van der Waals surface area (Å²) in [5.74, 6) is -0.914. The van der Waals surface area contributed by atoms with Crippen molar-refractivity contribution in [2.45, 2.75) is 19.3 Å². The molecular weight excluding hydrogens is 224 g/mol. The molecule has 0 aromatic heterocycles. The Kier molecular flexibility index (Phi) is 3.19. The van der Waals surface area contributed by atoms with Gasteiger partial charge in [-0.05, 0) is 16.3 Å². The van der Waals surface area contributed by atoms with E-state index in [1.807, 2.05) is 32.0 Å². The first kappa shape index (κ1) is 12.4. The monoisotopic (exact) mass is 240 g/mol. The fourth-order valence-corrected chi connectivity index (χ4v) is 2.16. The Bertz CT molecular complexity index is 604. The second-order valence-electron chi connectivity index (χ2n) is 4.92. The molecule has 0 spiro atoms. The Morgan fingerprint density at radius 2 is 1.78 bits per heavy atom. The number of aliphatic carboxylic acids is 1. The molecular formula is C16H16O2. The minimum absolute atomic E-state index is 0.306. The fraction of sp³-hybridized carbons (Fsp3) is 0.188. The average Bonchev–Trinajstić information content (AvgIpc) is 2.36. The lowest BCUT2D eigenvalue weighted by molar-refractivity contribution is -0.131. The van der Waals surface area contributed by atoms with E-state index in [4.69, 9.17) is 5.11 Å². The van der Waals surface area contributed by atoms with Crippen molar-refractivity contribution in [3.63, 3.8) is 0 Å². The zero-order valence-corrected chi connectivity index (χ0v) is 10.6. The van der Waals surface area contributed by atoms with Crippen LogP contribution in [0.15, 0.2) is 54.6 Å². The zero-order valence-electron chi connectivity index (χ0n) is 10.6. The van der Waals surface area contributed by atoms with E-state index in [0.717, 1.165) is 5.56 Å². The Hall–Kier alpha value is -2.09. The van der Waals surface area contributed by atoms with Gasteiger partial charge < -0.3 is 5.11 Å². The van der Waals surface area contributed by atoms with Gasteiger partial charge in [0, 0.05) is 11.5 Å². The molecule has 0 aliphatic carbocycles. The lowest BCUT2D eigenvalue weighted by Crippen LogP contribution is -2.14. The van der Waals surface area contributed by atoms with Crippen molar-refractivity contribution >= 4 is 16.7 Å². The number of hydrogen-bond donors (Lipinski definition) is 1. The summed E-state index contributed by atoms with van der Waals surface area (Å²) in [6, 6.07) is 14.3. The third-order valence-electron chi connectivity index (χ3n) is 3.13. The molecule has 0 aliphatic rings. The molecule has 2 aromatic rings. The number of benzene rings is 2. The molecule has 0 unspecified atom stereocenters. The summed E-state index contributed by atoms with van der Waals surface area (Å²) in [6.45, 7) is 4.04. The quantitative estimate of drug-likeness (QED) is 0.829. The van der Waals surface area contributed by atoms with Crippen LogP contribution in [0.1, 0.15) is 19.4 Å². The molecule has 2 aromatic carbocycles. The van der Waals surface area contributed by atoms with Crippen LogP contribution in [0, 0.1) is 0 Å². The summed E-state index contributed by atoms with van der Waals surface area (Å²) in [7, 11) is 0. The summed E-state index contributed by atoms with van der Waals surface area (Å²) in [5.41, 5.74) is 0.831. The summed E-state index contributed by atoms with van der Waals surface area (Å²) in [4.78, 5) is 10.7. The molecule has 1 N–H and O–H groups in total. The van der Waals surface area contributed by atoms with Crippen LogP contribution in [0.2, 0.25) is 0 Å². The van der Waals surface area contributed by atoms with Crippen LogP contribution in [-0.4, -0.2) is 11.1 Å². The van der Waals surface area contributed by atoms with Crippen molar-refractivity contribution in [2.75, 3.05) is 0 Å². The predicted molar refractivity (Wildman–Crippen MR) is 73.7 cm³/mol. The first-order valence-corrected chi connectivity index (χ1v) is 5.91. The summed E-state index contributed by atoms with van der Waals surface area (Å²) in [6.07, 6.45) is 2.94. The molecule has 0 heterocycles. The van der Waals surface area contributed by atoms with E-state index in [9.17, 15) is 4.79 Å². The molecule has 92 valence electrons. The molecule has 0 bridgehead atoms. The van der Waals surface area contributed by atoms with Gasteiger partial charge in [0.1, 0.15) is 0 Å². The normalized spacial score (nSPS) is 12.1. The lowest BCUT2D eigenvalue weighted by Gasteiger charge is -2.22.